The molecule has 0 fully saturated rings. The lowest BCUT2D eigenvalue weighted by atomic mass is 10.2. The van der Waals surface area contributed by atoms with Crippen LogP contribution in [0.25, 0.3) is 0 Å². The van der Waals surface area contributed by atoms with Crippen LogP contribution in [0.5, 0.6) is 5.75 Å². The van der Waals surface area contributed by atoms with Gasteiger partial charge in [0.1, 0.15) is 11.6 Å². The zero-order chi connectivity index (χ0) is 11.4. The van der Waals surface area contributed by atoms with E-state index in [1.54, 1.807) is 13.3 Å². The Morgan fingerprint density at radius 2 is 2.12 bits per heavy atom. The van der Waals surface area contributed by atoms with Crippen molar-refractivity contribution >= 4 is 11.5 Å². The number of hydrogen-bond donors (Lipinski definition) is 3. The van der Waals surface area contributed by atoms with Gasteiger partial charge < -0.3 is 15.8 Å². The van der Waals surface area contributed by atoms with Gasteiger partial charge in [0.15, 0.2) is 0 Å². The fourth-order valence-corrected chi connectivity index (χ4v) is 1.38. The number of H-pyrrole nitrogens is 1. The van der Waals surface area contributed by atoms with Gasteiger partial charge >= 0.3 is 0 Å². The van der Waals surface area contributed by atoms with Crippen LogP contribution in [0.3, 0.4) is 0 Å². The lowest BCUT2D eigenvalue weighted by molar-refractivity contribution is 0.414. The van der Waals surface area contributed by atoms with Gasteiger partial charge in [-0.2, -0.15) is 5.10 Å². The zero-order valence-electron chi connectivity index (χ0n) is 9.03. The number of nitrogen functional groups attached to an aromatic ring is 1. The van der Waals surface area contributed by atoms with E-state index in [4.69, 9.17) is 10.5 Å². The highest BCUT2D eigenvalue weighted by Crippen LogP contribution is 2.16. The van der Waals surface area contributed by atoms with Gasteiger partial charge in [0.25, 0.3) is 0 Å². The summed E-state index contributed by atoms with van der Waals surface area (Å²) in [4.78, 5) is 0. The number of rotatable bonds is 4. The number of nitrogens with one attached hydrogen (secondary N) is 2. The fourth-order valence-electron chi connectivity index (χ4n) is 1.38. The first-order chi connectivity index (χ1) is 7.79. The molecule has 0 spiro atoms. The third kappa shape index (κ3) is 2.25. The molecule has 4 N–H and O–H groups in total. The third-order valence-electron chi connectivity index (χ3n) is 2.31. The summed E-state index contributed by atoms with van der Waals surface area (Å²) in [5, 5.41) is 9.68. The van der Waals surface area contributed by atoms with E-state index < -0.39 is 0 Å². The summed E-state index contributed by atoms with van der Waals surface area (Å²) in [6.07, 6.45) is 1.67. The number of methoxy groups -OCH3 is 1. The first kappa shape index (κ1) is 10.4. The molecule has 0 aliphatic heterocycles. The summed E-state index contributed by atoms with van der Waals surface area (Å²) in [5.74, 6) is 1.40. The molecule has 5 heteroatoms. The molecule has 0 radical (unpaired) electrons. The Morgan fingerprint density at radius 3 is 2.69 bits per heavy atom. The van der Waals surface area contributed by atoms with Crippen molar-refractivity contribution in [1.82, 2.24) is 10.2 Å². The van der Waals surface area contributed by atoms with Crippen LogP contribution in [0.2, 0.25) is 0 Å². The number of anilines is 2. The van der Waals surface area contributed by atoms with Crippen molar-refractivity contribution in [3.8, 4) is 5.75 Å². The van der Waals surface area contributed by atoms with Crippen molar-refractivity contribution in [2.75, 3.05) is 18.2 Å². The zero-order valence-corrected chi connectivity index (χ0v) is 9.03. The number of nitrogens with two attached hydrogens (primary N) is 1. The Bertz CT molecular complexity index is 449. The minimum Gasteiger partial charge on any atom is -0.497 e. The van der Waals surface area contributed by atoms with Gasteiger partial charge in [-0.15, -0.1) is 0 Å². The highest BCUT2D eigenvalue weighted by Gasteiger charge is 2.00. The Morgan fingerprint density at radius 1 is 1.38 bits per heavy atom. The molecule has 2 aromatic rings. The summed E-state index contributed by atoms with van der Waals surface area (Å²) in [6.45, 7) is 0.702. The maximum absolute atomic E-state index is 5.65. The quantitative estimate of drug-likeness (QED) is 0.728. The summed E-state index contributed by atoms with van der Waals surface area (Å²) in [6, 6.07) is 7.86. The molecular formula is C11H14N4O. The molecule has 2 rings (SSSR count). The number of ether oxygens (including phenoxy) is 1. The van der Waals surface area contributed by atoms with Gasteiger partial charge in [-0.3, -0.25) is 5.10 Å². The second-order valence-corrected chi connectivity index (χ2v) is 3.40. The van der Waals surface area contributed by atoms with Gasteiger partial charge in [-0.05, 0) is 17.7 Å². The van der Waals surface area contributed by atoms with Crippen LogP contribution in [0.15, 0.2) is 30.5 Å². The average Bonchev–Trinajstić information content (AvgIpc) is 2.73. The van der Waals surface area contributed by atoms with Gasteiger partial charge in [-0.25, -0.2) is 0 Å². The van der Waals surface area contributed by atoms with Crippen LogP contribution >= 0.6 is 0 Å². The SMILES string of the molecule is COc1ccc(CNc2cn[nH]c2N)cc1. The molecule has 0 bridgehead atoms. The van der Waals surface area contributed by atoms with Crippen LogP contribution < -0.4 is 15.8 Å². The van der Waals surface area contributed by atoms with Gasteiger partial charge in [0.05, 0.1) is 19.0 Å². The van der Waals surface area contributed by atoms with Crippen LogP contribution in [-0.4, -0.2) is 17.3 Å². The Labute approximate surface area is 93.6 Å². The van der Waals surface area contributed by atoms with E-state index in [9.17, 15) is 0 Å². The first-order valence-electron chi connectivity index (χ1n) is 4.95. The van der Waals surface area contributed by atoms with Crippen LogP contribution in [0.4, 0.5) is 11.5 Å². The maximum Gasteiger partial charge on any atom is 0.142 e. The smallest absolute Gasteiger partial charge is 0.142 e. The Kier molecular flexibility index (Phi) is 2.95. The van der Waals surface area contributed by atoms with Gasteiger partial charge in [0.2, 0.25) is 0 Å². The molecule has 0 atom stereocenters. The van der Waals surface area contributed by atoms with E-state index in [2.05, 4.69) is 15.5 Å². The maximum atomic E-state index is 5.65. The molecule has 1 heterocycles. The van der Waals surface area contributed by atoms with Crippen LogP contribution in [0.1, 0.15) is 5.56 Å². The molecule has 84 valence electrons. The minimum absolute atomic E-state index is 0.550. The summed E-state index contributed by atoms with van der Waals surface area (Å²) >= 11 is 0. The summed E-state index contributed by atoms with van der Waals surface area (Å²) in [7, 11) is 1.65. The number of benzene rings is 1. The van der Waals surface area contributed by atoms with E-state index in [-0.39, 0.29) is 0 Å². The van der Waals surface area contributed by atoms with E-state index in [0.717, 1.165) is 17.0 Å². The van der Waals surface area contributed by atoms with E-state index in [0.29, 0.717) is 12.4 Å². The lowest BCUT2D eigenvalue weighted by Crippen LogP contribution is -2.00. The van der Waals surface area contributed by atoms with Crippen molar-refractivity contribution in [3.05, 3.63) is 36.0 Å². The van der Waals surface area contributed by atoms with E-state index in [1.807, 2.05) is 24.3 Å². The molecule has 1 aromatic carbocycles. The number of nitrogens with zero attached hydrogens (tertiary/aromatic N) is 1. The van der Waals surface area contributed by atoms with Gasteiger partial charge in [-0.1, -0.05) is 12.1 Å². The summed E-state index contributed by atoms with van der Waals surface area (Å²) in [5.41, 5.74) is 7.62. The van der Waals surface area contributed by atoms with Crippen molar-refractivity contribution in [2.45, 2.75) is 6.54 Å². The lowest BCUT2D eigenvalue weighted by Gasteiger charge is -2.05. The standard InChI is InChI=1S/C11H14N4O/c1-16-9-4-2-8(3-5-9)6-13-10-7-14-15-11(10)12/h2-5,7,13H,6H2,1H3,(H3,12,14,15). The van der Waals surface area contributed by atoms with Crippen molar-refractivity contribution in [1.29, 1.82) is 0 Å². The van der Waals surface area contributed by atoms with Gasteiger partial charge in [0, 0.05) is 6.54 Å². The molecule has 0 saturated heterocycles. The molecule has 0 aliphatic rings. The number of hydrogen-bond acceptors (Lipinski definition) is 4. The molecule has 5 nitrogen and oxygen atoms in total. The van der Waals surface area contributed by atoms with Crippen LogP contribution in [-0.2, 0) is 6.54 Å². The Balaban J connectivity index is 1.97. The molecule has 0 aliphatic carbocycles. The largest absolute Gasteiger partial charge is 0.497 e. The third-order valence-corrected chi connectivity index (χ3v) is 2.31. The number of aromatic amines is 1. The van der Waals surface area contributed by atoms with E-state index in [1.165, 1.54) is 0 Å². The number of aromatic nitrogens is 2. The molecule has 1 aromatic heterocycles. The molecule has 0 amide bonds. The van der Waals surface area contributed by atoms with Crippen molar-refractivity contribution in [3.63, 3.8) is 0 Å². The van der Waals surface area contributed by atoms with Crippen molar-refractivity contribution < 1.29 is 4.74 Å². The monoisotopic (exact) mass is 218 g/mol. The predicted octanol–water partition coefficient (Wildman–Crippen LogP) is 1.61. The minimum atomic E-state index is 0.550. The highest BCUT2D eigenvalue weighted by molar-refractivity contribution is 5.60. The van der Waals surface area contributed by atoms with Crippen molar-refractivity contribution in [2.24, 2.45) is 0 Å². The molecular weight excluding hydrogens is 204 g/mol. The highest BCUT2D eigenvalue weighted by atomic mass is 16.5. The first-order valence-corrected chi connectivity index (χ1v) is 4.95. The topological polar surface area (TPSA) is 76.0 Å². The Hall–Kier alpha value is -2.17. The molecule has 16 heavy (non-hydrogen) atoms. The second-order valence-electron chi connectivity index (χ2n) is 3.40. The predicted molar refractivity (Wildman–Crippen MR) is 63.3 cm³/mol. The molecule has 0 saturated carbocycles. The molecule has 0 unspecified atom stereocenters. The summed E-state index contributed by atoms with van der Waals surface area (Å²) < 4.78 is 5.08. The van der Waals surface area contributed by atoms with Crippen LogP contribution in [0, 0.1) is 0 Å². The normalized spacial score (nSPS) is 10.1. The average molecular weight is 218 g/mol. The fraction of sp³-hybridized carbons (Fsp3) is 0.182. The second kappa shape index (κ2) is 4.57. The van der Waals surface area contributed by atoms with E-state index >= 15 is 0 Å².